The highest BCUT2D eigenvalue weighted by Crippen LogP contribution is 2.30. The van der Waals surface area contributed by atoms with Crippen molar-refractivity contribution in [3.8, 4) is 0 Å². The van der Waals surface area contributed by atoms with E-state index in [4.69, 9.17) is 27.9 Å². The standard InChI is InChI=1S/C19H16Cl2F2N2O3S/c1-10-19(29(2,26)27)25-18(24-10)17(12-4-6-16(23)14(21)8-12)28-9-11-3-5-15(22)13(20)7-11/h3-8,17H,9H2,1-2H3,(H,24,25). The molecular weight excluding hydrogens is 445 g/mol. The van der Waals surface area contributed by atoms with E-state index in [1.807, 2.05) is 0 Å². The van der Waals surface area contributed by atoms with Crippen LogP contribution in [0.4, 0.5) is 8.78 Å². The number of imidazole rings is 1. The third kappa shape index (κ3) is 4.95. The summed E-state index contributed by atoms with van der Waals surface area (Å²) in [6.07, 6.45) is 0.164. The van der Waals surface area contributed by atoms with E-state index in [1.165, 1.54) is 36.4 Å². The number of hydrogen-bond acceptors (Lipinski definition) is 4. The van der Waals surface area contributed by atoms with Crippen molar-refractivity contribution in [3.63, 3.8) is 0 Å². The number of H-pyrrole nitrogens is 1. The number of halogens is 4. The van der Waals surface area contributed by atoms with Crippen molar-refractivity contribution in [2.75, 3.05) is 6.26 Å². The van der Waals surface area contributed by atoms with Gasteiger partial charge in [-0.25, -0.2) is 22.2 Å². The van der Waals surface area contributed by atoms with Gasteiger partial charge >= 0.3 is 0 Å². The van der Waals surface area contributed by atoms with Crippen LogP contribution in [-0.4, -0.2) is 24.6 Å². The second kappa shape index (κ2) is 8.39. The highest BCUT2D eigenvalue weighted by molar-refractivity contribution is 7.90. The molecule has 0 saturated heterocycles. The van der Waals surface area contributed by atoms with Crippen LogP contribution in [0.15, 0.2) is 41.4 Å². The van der Waals surface area contributed by atoms with Gasteiger partial charge in [0, 0.05) is 6.26 Å². The fraction of sp³-hybridized carbons (Fsp3) is 0.211. The lowest BCUT2D eigenvalue weighted by molar-refractivity contribution is 0.0613. The summed E-state index contributed by atoms with van der Waals surface area (Å²) >= 11 is 11.7. The van der Waals surface area contributed by atoms with Crippen molar-refractivity contribution >= 4 is 33.0 Å². The molecule has 0 radical (unpaired) electrons. The highest BCUT2D eigenvalue weighted by atomic mass is 35.5. The first-order valence-electron chi connectivity index (χ1n) is 8.33. The smallest absolute Gasteiger partial charge is 0.194 e. The summed E-state index contributed by atoms with van der Waals surface area (Å²) in [4.78, 5) is 7.06. The number of aromatic amines is 1. The number of aromatic nitrogens is 2. The number of rotatable bonds is 6. The Hall–Kier alpha value is -2.00. The molecule has 2 aromatic carbocycles. The number of ether oxygens (including phenoxy) is 1. The third-order valence-electron chi connectivity index (χ3n) is 4.11. The lowest BCUT2D eigenvalue weighted by Crippen LogP contribution is -2.09. The summed E-state index contributed by atoms with van der Waals surface area (Å²) in [5, 5.41) is -0.285. The Labute approximate surface area is 176 Å². The number of nitrogens with zero attached hydrogens (tertiary/aromatic N) is 1. The number of hydrogen-bond donors (Lipinski definition) is 1. The molecule has 0 bridgehead atoms. The molecule has 1 heterocycles. The van der Waals surface area contributed by atoms with Crippen LogP contribution in [0.3, 0.4) is 0 Å². The Morgan fingerprint density at radius 2 is 1.72 bits per heavy atom. The normalized spacial score (nSPS) is 12.9. The van der Waals surface area contributed by atoms with E-state index in [-0.39, 0.29) is 27.5 Å². The Morgan fingerprint density at radius 3 is 2.28 bits per heavy atom. The number of aryl methyl sites for hydroxylation is 1. The molecule has 0 aliphatic carbocycles. The van der Waals surface area contributed by atoms with Gasteiger partial charge in [-0.3, -0.25) is 0 Å². The number of benzene rings is 2. The van der Waals surface area contributed by atoms with Crippen LogP contribution in [0.1, 0.15) is 28.7 Å². The van der Waals surface area contributed by atoms with Crippen LogP contribution in [0.2, 0.25) is 10.0 Å². The van der Waals surface area contributed by atoms with Crippen LogP contribution in [0.5, 0.6) is 0 Å². The molecule has 0 spiro atoms. The predicted octanol–water partition coefficient (Wildman–Crippen LogP) is 5.01. The van der Waals surface area contributed by atoms with Crippen LogP contribution < -0.4 is 0 Å². The minimum Gasteiger partial charge on any atom is -0.361 e. The molecule has 0 saturated carbocycles. The van der Waals surface area contributed by atoms with E-state index in [2.05, 4.69) is 9.97 Å². The highest BCUT2D eigenvalue weighted by Gasteiger charge is 2.24. The van der Waals surface area contributed by atoms with E-state index in [1.54, 1.807) is 6.92 Å². The van der Waals surface area contributed by atoms with Gasteiger partial charge in [-0.2, -0.15) is 0 Å². The van der Waals surface area contributed by atoms with Gasteiger partial charge in [0.05, 0.1) is 22.3 Å². The van der Waals surface area contributed by atoms with Crippen molar-refractivity contribution < 1.29 is 21.9 Å². The van der Waals surface area contributed by atoms with E-state index < -0.39 is 27.6 Å². The summed E-state index contributed by atoms with van der Waals surface area (Å²) < 4.78 is 56.7. The van der Waals surface area contributed by atoms with Gasteiger partial charge in [-0.15, -0.1) is 0 Å². The minimum absolute atomic E-state index is 0.00756. The number of sulfone groups is 1. The maximum absolute atomic E-state index is 13.6. The monoisotopic (exact) mass is 460 g/mol. The van der Waals surface area contributed by atoms with Crippen LogP contribution in [0.25, 0.3) is 0 Å². The van der Waals surface area contributed by atoms with Gasteiger partial charge in [-0.1, -0.05) is 35.3 Å². The Bertz CT molecular complexity index is 1170. The summed E-state index contributed by atoms with van der Waals surface area (Å²) in [5.74, 6) is -0.956. The van der Waals surface area contributed by atoms with Crippen LogP contribution >= 0.6 is 23.2 Å². The fourth-order valence-electron chi connectivity index (χ4n) is 2.77. The van der Waals surface area contributed by atoms with Crippen molar-refractivity contribution in [1.29, 1.82) is 0 Å². The van der Waals surface area contributed by atoms with Gasteiger partial charge in [0.25, 0.3) is 0 Å². The molecule has 0 amide bonds. The zero-order valence-electron chi connectivity index (χ0n) is 15.3. The average molecular weight is 461 g/mol. The lowest BCUT2D eigenvalue weighted by atomic mass is 10.1. The van der Waals surface area contributed by atoms with Crippen LogP contribution in [-0.2, 0) is 21.2 Å². The third-order valence-corrected chi connectivity index (χ3v) is 5.78. The molecule has 0 aliphatic rings. The second-order valence-corrected chi connectivity index (χ2v) is 9.18. The molecule has 1 aromatic heterocycles. The van der Waals surface area contributed by atoms with E-state index in [0.717, 1.165) is 6.26 Å². The molecule has 1 atom stereocenters. The molecule has 0 fully saturated rings. The van der Waals surface area contributed by atoms with E-state index in [9.17, 15) is 17.2 Å². The van der Waals surface area contributed by atoms with Crippen molar-refractivity contribution in [2.24, 2.45) is 0 Å². The first-order valence-corrected chi connectivity index (χ1v) is 11.0. The summed E-state index contributed by atoms with van der Waals surface area (Å²) in [5.41, 5.74) is 1.38. The van der Waals surface area contributed by atoms with Gasteiger partial charge in [0.1, 0.15) is 23.6 Å². The Balaban J connectivity index is 1.99. The minimum atomic E-state index is -3.56. The topological polar surface area (TPSA) is 72.0 Å². The zero-order valence-corrected chi connectivity index (χ0v) is 17.7. The summed E-state index contributed by atoms with van der Waals surface area (Å²) in [6.45, 7) is 1.58. The molecule has 1 unspecified atom stereocenters. The molecule has 10 heteroatoms. The SMILES string of the molecule is Cc1[nH]c(C(OCc2ccc(F)c(Cl)c2)c2ccc(F)c(Cl)c2)nc1S(C)(=O)=O. The molecule has 29 heavy (non-hydrogen) atoms. The molecule has 0 aliphatic heterocycles. The lowest BCUT2D eigenvalue weighted by Gasteiger charge is -2.17. The summed E-state index contributed by atoms with van der Waals surface area (Å²) in [7, 11) is -3.56. The molecule has 1 N–H and O–H groups in total. The zero-order chi connectivity index (χ0) is 21.3. The van der Waals surface area contributed by atoms with Crippen molar-refractivity contribution in [2.45, 2.75) is 24.7 Å². The Morgan fingerprint density at radius 1 is 1.10 bits per heavy atom. The maximum Gasteiger partial charge on any atom is 0.194 e. The van der Waals surface area contributed by atoms with Crippen LogP contribution in [0, 0.1) is 18.6 Å². The maximum atomic E-state index is 13.6. The molecule has 3 rings (SSSR count). The van der Waals surface area contributed by atoms with E-state index in [0.29, 0.717) is 16.8 Å². The van der Waals surface area contributed by atoms with Gasteiger partial charge < -0.3 is 9.72 Å². The fourth-order valence-corrected chi connectivity index (χ4v) is 4.03. The Kier molecular flexibility index (Phi) is 6.28. The molecule has 5 nitrogen and oxygen atoms in total. The first-order chi connectivity index (χ1) is 13.6. The molecule has 3 aromatic rings. The largest absolute Gasteiger partial charge is 0.361 e. The van der Waals surface area contributed by atoms with E-state index >= 15 is 0 Å². The summed E-state index contributed by atoms with van der Waals surface area (Å²) in [6, 6.07) is 8.14. The second-order valence-electron chi connectivity index (χ2n) is 6.44. The molecular formula is C19H16Cl2F2N2O3S. The predicted molar refractivity (Wildman–Crippen MR) is 106 cm³/mol. The van der Waals surface area contributed by atoms with Gasteiger partial charge in [-0.05, 0) is 42.3 Å². The van der Waals surface area contributed by atoms with Gasteiger partial charge in [0.2, 0.25) is 0 Å². The molecule has 154 valence electrons. The first kappa shape index (κ1) is 21.7. The van der Waals surface area contributed by atoms with Crippen molar-refractivity contribution in [3.05, 3.63) is 80.7 Å². The average Bonchev–Trinajstić information content (AvgIpc) is 3.03. The quantitative estimate of drug-likeness (QED) is 0.560. The van der Waals surface area contributed by atoms with Gasteiger partial charge in [0.15, 0.2) is 14.9 Å². The van der Waals surface area contributed by atoms with Crippen molar-refractivity contribution in [1.82, 2.24) is 9.97 Å². The number of nitrogens with one attached hydrogen (secondary N) is 1.